The van der Waals surface area contributed by atoms with Crippen LogP contribution in [0, 0.1) is 0 Å². The van der Waals surface area contributed by atoms with Crippen molar-refractivity contribution in [3.05, 3.63) is 42.0 Å². The highest BCUT2D eigenvalue weighted by molar-refractivity contribution is 6.12. The summed E-state index contributed by atoms with van der Waals surface area (Å²) in [4.78, 5) is 35.3. The number of nitrogens with one attached hydrogen (secondary N) is 3. The molecule has 0 atom stereocenters. The number of methoxy groups -OCH3 is 1. The van der Waals surface area contributed by atoms with E-state index in [1.54, 1.807) is 30.3 Å². The lowest BCUT2D eigenvalue weighted by Crippen LogP contribution is -2.28. The summed E-state index contributed by atoms with van der Waals surface area (Å²) < 4.78 is 10.5. The topological polar surface area (TPSA) is 132 Å². The molecule has 26 heavy (non-hydrogen) atoms. The van der Waals surface area contributed by atoms with E-state index in [-0.39, 0.29) is 23.8 Å². The number of nitrogens with two attached hydrogens (primary N) is 1. The number of fused-ring (bicyclic) bond motifs is 1. The van der Waals surface area contributed by atoms with Gasteiger partial charge >= 0.3 is 6.03 Å². The Balaban J connectivity index is 1.90. The molecule has 9 nitrogen and oxygen atoms in total. The van der Waals surface area contributed by atoms with Gasteiger partial charge in [0.2, 0.25) is 0 Å². The monoisotopic (exact) mass is 356 g/mol. The Bertz CT molecular complexity index is 897. The maximum Gasteiger partial charge on any atom is 0.316 e. The van der Waals surface area contributed by atoms with Crippen molar-refractivity contribution < 1.29 is 23.9 Å². The molecule has 4 amide bonds. The van der Waals surface area contributed by atoms with Crippen molar-refractivity contribution in [1.82, 2.24) is 0 Å². The van der Waals surface area contributed by atoms with Crippen LogP contribution in [0.5, 0.6) is 11.5 Å². The van der Waals surface area contributed by atoms with E-state index in [9.17, 15) is 14.4 Å². The summed E-state index contributed by atoms with van der Waals surface area (Å²) in [5.74, 6) is -0.0843. The Labute approximate surface area is 148 Å². The zero-order chi connectivity index (χ0) is 18.7. The molecule has 9 heteroatoms. The summed E-state index contributed by atoms with van der Waals surface area (Å²) in [5.41, 5.74) is 6.39. The third-order valence-electron chi connectivity index (χ3n) is 3.57. The number of benzene rings is 2. The Kier molecular flexibility index (Phi) is 4.61. The van der Waals surface area contributed by atoms with Crippen LogP contribution in [0.4, 0.5) is 21.9 Å². The van der Waals surface area contributed by atoms with E-state index in [1.807, 2.05) is 0 Å². The van der Waals surface area contributed by atoms with Crippen molar-refractivity contribution in [2.24, 2.45) is 5.73 Å². The number of carbonyl (C=O) groups is 3. The number of ether oxygens (including phenoxy) is 2. The van der Waals surface area contributed by atoms with Crippen molar-refractivity contribution in [2.45, 2.75) is 0 Å². The van der Waals surface area contributed by atoms with Gasteiger partial charge in [-0.15, -0.1) is 0 Å². The summed E-state index contributed by atoms with van der Waals surface area (Å²) in [7, 11) is 1.46. The molecule has 0 radical (unpaired) electrons. The maximum atomic E-state index is 12.7. The van der Waals surface area contributed by atoms with Crippen LogP contribution in [0.15, 0.2) is 36.4 Å². The van der Waals surface area contributed by atoms with E-state index in [0.717, 1.165) is 0 Å². The molecule has 0 saturated carbocycles. The quantitative estimate of drug-likeness (QED) is 0.663. The van der Waals surface area contributed by atoms with Crippen molar-refractivity contribution in [3.8, 4) is 11.5 Å². The molecule has 0 unspecified atom stereocenters. The molecule has 0 spiro atoms. The molecule has 5 N–H and O–H groups in total. The second kappa shape index (κ2) is 7.01. The molecule has 134 valence electrons. The Morgan fingerprint density at radius 3 is 2.62 bits per heavy atom. The number of primary amides is 1. The van der Waals surface area contributed by atoms with E-state index in [0.29, 0.717) is 22.9 Å². The first-order valence-electron chi connectivity index (χ1n) is 7.59. The van der Waals surface area contributed by atoms with Gasteiger partial charge in [0.1, 0.15) is 11.5 Å². The SMILES string of the molecule is COc1cc2c(c(C(=O)Nc3cccc(NC(N)=O)c3)c1)NC(=O)CO2. The fraction of sp³-hybridized carbons (Fsp3) is 0.118. The first-order valence-corrected chi connectivity index (χ1v) is 7.59. The summed E-state index contributed by atoms with van der Waals surface area (Å²) in [5, 5.41) is 7.75. The van der Waals surface area contributed by atoms with Gasteiger partial charge in [0.05, 0.1) is 18.4 Å². The van der Waals surface area contributed by atoms with Crippen LogP contribution in [0.1, 0.15) is 10.4 Å². The number of hydrogen-bond acceptors (Lipinski definition) is 5. The molecule has 0 saturated heterocycles. The minimum atomic E-state index is -0.713. The van der Waals surface area contributed by atoms with Gasteiger partial charge in [-0.25, -0.2) is 4.79 Å². The molecule has 2 aromatic carbocycles. The van der Waals surface area contributed by atoms with Crippen LogP contribution in [-0.4, -0.2) is 31.6 Å². The smallest absolute Gasteiger partial charge is 0.316 e. The molecule has 1 aliphatic heterocycles. The van der Waals surface area contributed by atoms with Gasteiger partial charge in [-0.2, -0.15) is 0 Å². The third kappa shape index (κ3) is 3.66. The van der Waals surface area contributed by atoms with Gasteiger partial charge in [-0.05, 0) is 24.3 Å². The highest BCUT2D eigenvalue weighted by Crippen LogP contribution is 2.36. The molecule has 0 aliphatic carbocycles. The lowest BCUT2D eigenvalue weighted by molar-refractivity contribution is -0.118. The molecule has 0 fully saturated rings. The average molecular weight is 356 g/mol. The molecular weight excluding hydrogens is 340 g/mol. The lowest BCUT2D eigenvalue weighted by Gasteiger charge is -2.21. The van der Waals surface area contributed by atoms with E-state index in [2.05, 4.69) is 16.0 Å². The van der Waals surface area contributed by atoms with E-state index in [4.69, 9.17) is 15.2 Å². The molecule has 1 heterocycles. The highest BCUT2D eigenvalue weighted by atomic mass is 16.5. The van der Waals surface area contributed by atoms with Crippen LogP contribution < -0.4 is 31.2 Å². The molecule has 3 rings (SSSR count). The minimum absolute atomic E-state index is 0.137. The standard InChI is InChI=1S/C17H16N4O5/c1-25-11-6-12(15-13(7-11)26-8-14(22)21-15)16(23)19-9-3-2-4-10(5-9)20-17(18)24/h2-7H,8H2,1H3,(H,19,23)(H,21,22)(H3,18,20,24). The maximum absolute atomic E-state index is 12.7. The first kappa shape index (κ1) is 17.1. The Hall–Kier alpha value is -3.75. The third-order valence-corrected chi connectivity index (χ3v) is 3.57. The van der Waals surface area contributed by atoms with Gasteiger partial charge in [0.25, 0.3) is 11.8 Å². The van der Waals surface area contributed by atoms with Crippen LogP contribution in [-0.2, 0) is 4.79 Å². The van der Waals surface area contributed by atoms with Crippen molar-refractivity contribution in [1.29, 1.82) is 0 Å². The number of amides is 4. The average Bonchev–Trinajstić information content (AvgIpc) is 2.60. The van der Waals surface area contributed by atoms with Gasteiger partial charge in [-0.3, -0.25) is 9.59 Å². The zero-order valence-electron chi connectivity index (χ0n) is 13.8. The summed E-state index contributed by atoms with van der Waals surface area (Å²) in [6.07, 6.45) is 0. The summed E-state index contributed by atoms with van der Waals surface area (Å²) in [6.45, 7) is -0.137. The number of urea groups is 1. The van der Waals surface area contributed by atoms with E-state index >= 15 is 0 Å². The molecule has 0 bridgehead atoms. The van der Waals surface area contributed by atoms with Gasteiger partial charge in [0.15, 0.2) is 6.61 Å². The van der Waals surface area contributed by atoms with E-state index < -0.39 is 11.9 Å². The Morgan fingerprint density at radius 1 is 1.19 bits per heavy atom. The predicted octanol–water partition coefficient (Wildman–Crippen LogP) is 1.77. The van der Waals surface area contributed by atoms with Crippen molar-refractivity contribution in [2.75, 3.05) is 29.7 Å². The summed E-state index contributed by atoms with van der Waals surface area (Å²) >= 11 is 0. The second-order valence-electron chi connectivity index (χ2n) is 5.41. The van der Waals surface area contributed by atoms with Crippen LogP contribution in [0.3, 0.4) is 0 Å². The molecule has 1 aliphatic rings. The van der Waals surface area contributed by atoms with Gasteiger partial charge in [0, 0.05) is 17.4 Å². The minimum Gasteiger partial charge on any atom is -0.497 e. The Morgan fingerprint density at radius 2 is 1.92 bits per heavy atom. The zero-order valence-corrected chi connectivity index (χ0v) is 13.8. The van der Waals surface area contributed by atoms with Crippen molar-refractivity contribution in [3.63, 3.8) is 0 Å². The normalized spacial score (nSPS) is 12.3. The van der Waals surface area contributed by atoms with Crippen LogP contribution in [0.25, 0.3) is 0 Å². The van der Waals surface area contributed by atoms with Gasteiger partial charge in [-0.1, -0.05) is 6.07 Å². The van der Waals surface area contributed by atoms with Crippen LogP contribution in [0.2, 0.25) is 0 Å². The number of hydrogen-bond donors (Lipinski definition) is 4. The fourth-order valence-corrected chi connectivity index (χ4v) is 2.46. The lowest BCUT2D eigenvalue weighted by atomic mass is 10.1. The second-order valence-corrected chi connectivity index (χ2v) is 5.41. The molecular formula is C17H16N4O5. The van der Waals surface area contributed by atoms with Crippen molar-refractivity contribution >= 4 is 34.9 Å². The number of carbonyl (C=O) groups excluding carboxylic acids is 3. The molecule has 2 aromatic rings. The summed E-state index contributed by atoms with van der Waals surface area (Å²) in [6, 6.07) is 8.83. The number of rotatable bonds is 4. The highest BCUT2D eigenvalue weighted by Gasteiger charge is 2.24. The largest absolute Gasteiger partial charge is 0.497 e. The van der Waals surface area contributed by atoms with E-state index in [1.165, 1.54) is 13.2 Å². The fourth-order valence-electron chi connectivity index (χ4n) is 2.46. The van der Waals surface area contributed by atoms with Crippen LogP contribution >= 0.6 is 0 Å². The number of anilines is 3. The first-order chi connectivity index (χ1) is 12.5. The predicted molar refractivity (Wildman–Crippen MR) is 94.7 cm³/mol. The molecule has 0 aromatic heterocycles. The van der Waals surface area contributed by atoms with Gasteiger partial charge < -0.3 is 31.2 Å².